The fourth-order valence-corrected chi connectivity index (χ4v) is 2.91. The minimum atomic E-state index is -0.677. The molecule has 0 aliphatic heterocycles. The third-order valence-corrected chi connectivity index (χ3v) is 4.46. The van der Waals surface area contributed by atoms with Crippen molar-refractivity contribution in [2.24, 2.45) is 0 Å². The van der Waals surface area contributed by atoms with Crippen molar-refractivity contribution in [1.29, 1.82) is 0 Å². The van der Waals surface area contributed by atoms with E-state index in [1.807, 2.05) is 61.5 Å². The maximum Gasteiger partial charge on any atom is 0.329 e. The Bertz CT molecular complexity index is 978. The first-order valence-corrected chi connectivity index (χ1v) is 9.28. The van der Waals surface area contributed by atoms with Gasteiger partial charge in [0.2, 0.25) is 0 Å². The number of benzene rings is 3. The van der Waals surface area contributed by atoms with Crippen LogP contribution in [0.2, 0.25) is 0 Å². The molecule has 1 atom stereocenters. The van der Waals surface area contributed by atoms with Crippen LogP contribution in [-0.2, 0) is 22.6 Å². The zero-order chi connectivity index (χ0) is 20.6. The summed E-state index contributed by atoms with van der Waals surface area (Å²) in [6, 6.07) is 22.7. The second kappa shape index (κ2) is 11.0. The average molecular weight is 427 g/mol. The zero-order valence-corrected chi connectivity index (χ0v) is 17.3. The lowest BCUT2D eigenvalue weighted by molar-refractivity contribution is -0.384. The highest BCUT2D eigenvalue weighted by atomic mass is 35.5. The number of aryl methyl sites for hydroxylation is 1. The highest BCUT2D eigenvalue weighted by molar-refractivity contribution is 5.85. The van der Waals surface area contributed by atoms with E-state index in [1.54, 1.807) is 12.1 Å². The number of carbonyl (C=O) groups is 1. The van der Waals surface area contributed by atoms with Crippen molar-refractivity contribution in [3.05, 3.63) is 106 Å². The van der Waals surface area contributed by atoms with Crippen LogP contribution in [-0.4, -0.2) is 16.9 Å². The molecule has 0 heterocycles. The van der Waals surface area contributed by atoms with Gasteiger partial charge < -0.3 is 10.1 Å². The number of esters is 1. The summed E-state index contributed by atoms with van der Waals surface area (Å²) in [4.78, 5) is 23.4. The predicted octanol–water partition coefficient (Wildman–Crippen LogP) is 5.09. The second-order valence-corrected chi connectivity index (χ2v) is 6.79. The number of hydrogen-bond donors (Lipinski definition) is 1. The normalized spacial score (nSPS) is 11.1. The Kier molecular flexibility index (Phi) is 8.38. The van der Waals surface area contributed by atoms with E-state index in [0.29, 0.717) is 5.56 Å². The smallest absolute Gasteiger partial charge is 0.329 e. The minimum absolute atomic E-state index is 0. The van der Waals surface area contributed by atoms with Crippen LogP contribution in [0.3, 0.4) is 0 Å². The van der Waals surface area contributed by atoms with Gasteiger partial charge in [0.25, 0.3) is 5.69 Å². The molecule has 0 aromatic heterocycles. The van der Waals surface area contributed by atoms with Gasteiger partial charge in [-0.15, -0.1) is 12.4 Å². The molecule has 0 fully saturated rings. The number of nitrogens with one attached hydrogen (secondary N) is 1. The molecule has 0 radical (unpaired) electrons. The standard InChI is InChI=1S/C23H22N2O4.ClH/c1-17-10-12-20(13-11-17)24-22(15-19-8-5-9-21(14-19)25(27)28)23(26)29-16-18-6-3-2-4-7-18;/h2-14,22,24H,15-16H2,1H3;1H. The van der Waals surface area contributed by atoms with E-state index >= 15 is 0 Å². The Morgan fingerprint density at radius 3 is 2.33 bits per heavy atom. The Morgan fingerprint density at radius 1 is 1.00 bits per heavy atom. The maximum absolute atomic E-state index is 12.8. The number of anilines is 1. The minimum Gasteiger partial charge on any atom is -0.459 e. The van der Waals surface area contributed by atoms with Gasteiger partial charge in [0.05, 0.1) is 4.92 Å². The molecule has 3 rings (SSSR count). The number of rotatable bonds is 8. The first-order valence-electron chi connectivity index (χ1n) is 9.28. The van der Waals surface area contributed by atoms with Crippen molar-refractivity contribution in [2.45, 2.75) is 26.0 Å². The summed E-state index contributed by atoms with van der Waals surface area (Å²) in [7, 11) is 0. The summed E-state index contributed by atoms with van der Waals surface area (Å²) in [6.45, 7) is 2.15. The summed E-state index contributed by atoms with van der Waals surface area (Å²) < 4.78 is 5.50. The number of nitro benzene ring substituents is 1. The number of hydrogen-bond acceptors (Lipinski definition) is 5. The first-order chi connectivity index (χ1) is 14.0. The molecule has 0 aliphatic rings. The molecule has 0 saturated heterocycles. The molecule has 3 aromatic rings. The van der Waals surface area contributed by atoms with Crippen LogP contribution < -0.4 is 5.32 Å². The van der Waals surface area contributed by atoms with Crippen LogP contribution in [0.25, 0.3) is 0 Å². The fraction of sp³-hybridized carbons (Fsp3) is 0.174. The van der Waals surface area contributed by atoms with Crippen molar-refractivity contribution in [1.82, 2.24) is 0 Å². The fourth-order valence-electron chi connectivity index (χ4n) is 2.91. The molecule has 1 N–H and O–H groups in total. The molecule has 7 heteroatoms. The topological polar surface area (TPSA) is 81.5 Å². The molecular formula is C23H23ClN2O4. The monoisotopic (exact) mass is 426 g/mol. The molecule has 3 aromatic carbocycles. The SMILES string of the molecule is Cc1ccc(NC(Cc2cccc([N+](=O)[O-])c2)C(=O)OCc2ccccc2)cc1.Cl. The number of halogens is 1. The van der Waals surface area contributed by atoms with Gasteiger partial charge in [-0.25, -0.2) is 4.79 Å². The van der Waals surface area contributed by atoms with Crippen molar-refractivity contribution in [3.63, 3.8) is 0 Å². The van der Waals surface area contributed by atoms with Crippen molar-refractivity contribution < 1.29 is 14.5 Å². The number of nitro groups is 1. The van der Waals surface area contributed by atoms with Gasteiger partial charge in [-0.2, -0.15) is 0 Å². The lowest BCUT2D eigenvalue weighted by Gasteiger charge is -2.19. The van der Waals surface area contributed by atoms with E-state index in [9.17, 15) is 14.9 Å². The molecule has 6 nitrogen and oxygen atoms in total. The predicted molar refractivity (Wildman–Crippen MR) is 119 cm³/mol. The molecule has 30 heavy (non-hydrogen) atoms. The Labute approximate surface area is 181 Å². The number of non-ortho nitro benzene ring substituents is 1. The molecular weight excluding hydrogens is 404 g/mol. The highest BCUT2D eigenvalue weighted by Gasteiger charge is 2.22. The van der Waals surface area contributed by atoms with Gasteiger partial charge in [-0.1, -0.05) is 60.2 Å². The van der Waals surface area contributed by atoms with Crippen LogP contribution in [0.4, 0.5) is 11.4 Å². The lowest BCUT2D eigenvalue weighted by atomic mass is 10.0. The van der Waals surface area contributed by atoms with Gasteiger partial charge in [0.1, 0.15) is 12.6 Å². The van der Waals surface area contributed by atoms with Crippen molar-refractivity contribution >= 4 is 29.8 Å². The summed E-state index contributed by atoms with van der Waals surface area (Å²) in [5.41, 5.74) is 3.46. The molecule has 0 bridgehead atoms. The van der Waals surface area contributed by atoms with E-state index in [0.717, 1.165) is 16.8 Å². The number of nitrogens with zero attached hydrogens (tertiary/aromatic N) is 1. The van der Waals surface area contributed by atoms with Gasteiger partial charge in [-0.3, -0.25) is 10.1 Å². The number of carbonyl (C=O) groups excluding carboxylic acids is 1. The Hall–Kier alpha value is -3.38. The Morgan fingerprint density at radius 2 is 1.67 bits per heavy atom. The largest absolute Gasteiger partial charge is 0.459 e. The zero-order valence-electron chi connectivity index (χ0n) is 16.5. The summed E-state index contributed by atoms with van der Waals surface area (Å²) in [5.74, 6) is -0.416. The molecule has 156 valence electrons. The van der Waals surface area contributed by atoms with E-state index in [2.05, 4.69) is 5.32 Å². The van der Waals surface area contributed by atoms with Crippen LogP contribution in [0, 0.1) is 17.0 Å². The summed E-state index contributed by atoms with van der Waals surface area (Å²) in [5, 5.41) is 14.2. The molecule has 0 saturated carbocycles. The summed E-state index contributed by atoms with van der Waals surface area (Å²) >= 11 is 0. The van der Waals surface area contributed by atoms with E-state index in [1.165, 1.54) is 12.1 Å². The van der Waals surface area contributed by atoms with Crippen molar-refractivity contribution in [2.75, 3.05) is 5.32 Å². The highest BCUT2D eigenvalue weighted by Crippen LogP contribution is 2.18. The third-order valence-electron chi connectivity index (χ3n) is 4.46. The number of ether oxygens (including phenoxy) is 1. The van der Waals surface area contributed by atoms with E-state index in [-0.39, 0.29) is 31.1 Å². The quantitative estimate of drug-likeness (QED) is 0.308. The average Bonchev–Trinajstić information content (AvgIpc) is 2.74. The van der Waals surface area contributed by atoms with Crippen LogP contribution in [0.5, 0.6) is 0 Å². The second-order valence-electron chi connectivity index (χ2n) is 6.79. The summed E-state index contributed by atoms with van der Waals surface area (Å²) in [6.07, 6.45) is 0.267. The molecule has 0 amide bonds. The Balaban J connectivity index is 0.00000320. The van der Waals surface area contributed by atoms with Gasteiger partial charge in [-0.05, 0) is 30.2 Å². The van der Waals surface area contributed by atoms with Crippen LogP contribution in [0.15, 0.2) is 78.9 Å². The van der Waals surface area contributed by atoms with Gasteiger partial charge in [0.15, 0.2) is 0 Å². The van der Waals surface area contributed by atoms with Crippen molar-refractivity contribution in [3.8, 4) is 0 Å². The molecule has 0 spiro atoms. The van der Waals surface area contributed by atoms with Crippen LogP contribution in [0.1, 0.15) is 16.7 Å². The third kappa shape index (κ3) is 6.60. The maximum atomic E-state index is 12.8. The van der Waals surface area contributed by atoms with Crippen LogP contribution >= 0.6 is 12.4 Å². The molecule has 0 aliphatic carbocycles. The van der Waals surface area contributed by atoms with Gasteiger partial charge in [0, 0.05) is 24.2 Å². The lowest BCUT2D eigenvalue weighted by Crippen LogP contribution is -2.33. The van der Waals surface area contributed by atoms with E-state index in [4.69, 9.17) is 4.74 Å². The van der Waals surface area contributed by atoms with E-state index < -0.39 is 16.9 Å². The molecule has 1 unspecified atom stereocenters. The van der Waals surface area contributed by atoms with Gasteiger partial charge >= 0.3 is 5.97 Å². The first kappa shape index (κ1) is 22.9.